The monoisotopic (exact) mass is 358 g/mol. The maximum absolute atomic E-state index is 11.4. The highest BCUT2D eigenvalue weighted by molar-refractivity contribution is 5.72. The van der Waals surface area contributed by atoms with Gasteiger partial charge in [-0.05, 0) is 101 Å². The van der Waals surface area contributed by atoms with Crippen LogP contribution in [0, 0.1) is 22.5 Å². The van der Waals surface area contributed by atoms with Gasteiger partial charge < -0.3 is 9.64 Å². The van der Waals surface area contributed by atoms with E-state index < -0.39 is 0 Å². The van der Waals surface area contributed by atoms with Gasteiger partial charge in [0, 0.05) is 6.07 Å². The molecule has 1 spiro atoms. The molecule has 1 heterocycles. The van der Waals surface area contributed by atoms with Crippen LogP contribution in [0.3, 0.4) is 0 Å². The van der Waals surface area contributed by atoms with E-state index >= 15 is 0 Å². The van der Waals surface area contributed by atoms with Crippen LogP contribution >= 0.6 is 0 Å². The van der Waals surface area contributed by atoms with Crippen LogP contribution in [0.4, 0.5) is 5.69 Å². The van der Waals surface area contributed by atoms with Gasteiger partial charge in [-0.2, -0.15) is 0 Å². The molecule has 1 aromatic rings. The SMILES string of the molecule is Cc1cc([N+](=O)[O-])c(OC(C)C)cc1C1=CCC2(CC1)CCN(C)CC2. The van der Waals surface area contributed by atoms with Gasteiger partial charge in [-0.1, -0.05) is 6.08 Å². The van der Waals surface area contributed by atoms with Crippen molar-refractivity contribution in [3.8, 4) is 5.75 Å². The van der Waals surface area contributed by atoms with Crippen molar-refractivity contribution in [3.63, 3.8) is 0 Å². The summed E-state index contributed by atoms with van der Waals surface area (Å²) in [6.45, 7) is 8.13. The number of likely N-dealkylation sites (tertiary alicyclic amines) is 1. The molecule has 5 nitrogen and oxygen atoms in total. The van der Waals surface area contributed by atoms with E-state index in [2.05, 4.69) is 18.0 Å². The van der Waals surface area contributed by atoms with Crippen LogP contribution in [0.2, 0.25) is 0 Å². The fourth-order valence-electron chi connectivity index (χ4n) is 4.25. The normalized spacial score (nSPS) is 20.3. The van der Waals surface area contributed by atoms with Gasteiger partial charge in [0.05, 0.1) is 11.0 Å². The smallest absolute Gasteiger partial charge is 0.311 e. The van der Waals surface area contributed by atoms with Crippen LogP contribution in [0.15, 0.2) is 18.2 Å². The number of rotatable bonds is 4. The molecule has 0 bridgehead atoms. The summed E-state index contributed by atoms with van der Waals surface area (Å²) in [5.74, 6) is 0.381. The van der Waals surface area contributed by atoms with E-state index in [9.17, 15) is 10.1 Å². The van der Waals surface area contributed by atoms with Crippen LogP contribution in [0.5, 0.6) is 5.75 Å². The highest BCUT2D eigenvalue weighted by atomic mass is 16.6. The first-order valence-corrected chi connectivity index (χ1v) is 9.63. The maximum atomic E-state index is 11.4. The lowest BCUT2D eigenvalue weighted by Crippen LogP contribution is -2.38. The number of nitro benzene ring substituents is 1. The van der Waals surface area contributed by atoms with Crippen LogP contribution in [0.25, 0.3) is 5.57 Å². The lowest BCUT2D eigenvalue weighted by atomic mass is 9.68. The molecule has 2 aliphatic rings. The number of hydrogen-bond donors (Lipinski definition) is 0. The van der Waals surface area contributed by atoms with E-state index in [4.69, 9.17) is 4.74 Å². The quantitative estimate of drug-likeness (QED) is 0.563. The molecule has 0 amide bonds. The van der Waals surface area contributed by atoms with Crippen molar-refractivity contribution in [2.45, 2.75) is 59.0 Å². The van der Waals surface area contributed by atoms with Gasteiger partial charge in [-0.25, -0.2) is 0 Å². The molecule has 1 fully saturated rings. The first kappa shape index (κ1) is 18.9. The van der Waals surface area contributed by atoms with Gasteiger partial charge in [-0.3, -0.25) is 10.1 Å². The van der Waals surface area contributed by atoms with E-state index in [-0.39, 0.29) is 16.7 Å². The molecule has 0 aromatic heterocycles. The Kier molecular flexibility index (Phi) is 5.37. The molecule has 1 saturated heterocycles. The highest BCUT2D eigenvalue weighted by Crippen LogP contribution is 2.46. The third-order valence-corrected chi connectivity index (χ3v) is 5.97. The first-order valence-electron chi connectivity index (χ1n) is 9.63. The number of piperidine rings is 1. The summed E-state index contributed by atoms with van der Waals surface area (Å²) < 4.78 is 5.74. The summed E-state index contributed by atoms with van der Waals surface area (Å²) in [4.78, 5) is 13.4. The number of ether oxygens (including phenoxy) is 1. The average molecular weight is 358 g/mol. The summed E-state index contributed by atoms with van der Waals surface area (Å²) >= 11 is 0. The Labute approximate surface area is 156 Å². The summed E-state index contributed by atoms with van der Waals surface area (Å²) in [7, 11) is 2.20. The Balaban J connectivity index is 1.87. The van der Waals surface area contributed by atoms with Gasteiger partial charge in [0.1, 0.15) is 0 Å². The Bertz CT molecular complexity index is 716. The van der Waals surface area contributed by atoms with E-state index in [0.717, 1.165) is 24.0 Å². The van der Waals surface area contributed by atoms with Crippen LogP contribution in [-0.2, 0) is 0 Å². The van der Waals surface area contributed by atoms with Crippen molar-refractivity contribution in [1.29, 1.82) is 0 Å². The zero-order chi connectivity index (χ0) is 18.9. The summed E-state index contributed by atoms with van der Waals surface area (Å²) in [5, 5.41) is 11.4. The molecular weight excluding hydrogens is 328 g/mol. The van der Waals surface area contributed by atoms with Gasteiger partial charge in [-0.15, -0.1) is 0 Å². The third kappa shape index (κ3) is 3.93. The summed E-state index contributed by atoms with van der Waals surface area (Å²) in [6.07, 6.45) is 8.21. The number of hydrogen-bond acceptors (Lipinski definition) is 4. The predicted molar refractivity (Wildman–Crippen MR) is 105 cm³/mol. The van der Waals surface area contributed by atoms with Gasteiger partial charge in [0.15, 0.2) is 5.75 Å². The lowest BCUT2D eigenvalue weighted by Gasteiger charge is -2.42. The molecule has 1 aliphatic heterocycles. The number of allylic oxidation sites excluding steroid dienone is 2. The molecule has 0 N–H and O–H groups in total. The second-order valence-electron chi connectivity index (χ2n) is 8.30. The second-order valence-corrected chi connectivity index (χ2v) is 8.30. The van der Waals surface area contributed by atoms with Crippen LogP contribution < -0.4 is 4.74 Å². The Morgan fingerprint density at radius 2 is 1.92 bits per heavy atom. The molecule has 1 aliphatic carbocycles. The van der Waals surface area contributed by atoms with Crippen LogP contribution in [-0.4, -0.2) is 36.1 Å². The van der Waals surface area contributed by atoms with Gasteiger partial charge in [0.2, 0.25) is 0 Å². The zero-order valence-corrected chi connectivity index (χ0v) is 16.4. The fourth-order valence-corrected chi connectivity index (χ4v) is 4.25. The van der Waals surface area contributed by atoms with E-state index in [1.54, 1.807) is 6.07 Å². The molecular formula is C21H30N2O3. The molecule has 0 radical (unpaired) electrons. The molecule has 5 heteroatoms. The molecule has 0 atom stereocenters. The average Bonchev–Trinajstić information content (AvgIpc) is 2.59. The van der Waals surface area contributed by atoms with Crippen molar-refractivity contribution in [3.05, 3.63) is 39.4 Å². The summed E-state index contributed by atoms with van der Waals surface area (Å²) in [6, 6.07) is 3.54. The predicted octanol–water partition coefficient (Wildman–Crippen LogP) is 4.97. The maximum Gasteiger partial charge on any atom is 0.311 e. The van der Waals surface area contributed by atoms with Crippen LogP contribution in [0.1, 0.15) is 57.1 Å². The summed E-state index contributed by atoms with van der Waals surface area (Å²) in [5.41, 5.74) is 3.90. The Morgan fingerprint density at radius 1 is 1.23 bits per heavy atom. The molecule has 1 aromatic carbocycles. The number of nitro groups is 1. The second kappa shape index (κ2) is 7.39. The van der Waals surface area contributed by atoms with Crippen molar-refractivity contribution >= 4 is 11.3 Å². The third-order valence-electron chi connectivity index (χ3n) is 5.97. The molecule has 0 unspecified atom stereocenters. The largest absolute Gasteiger partial charge is 0.484 e. The molecule has 142 valence electrons. The topological polar surface area (TPSA) is 55.6 Å². The number of aryl methyl sites for hydroxylation is 1. The molecule has 26 heavy (non-hydrogen) atoms. The van der Waals surface area contributed by atoms with E-state index in [1.807, 2.05) is 26.8 Å². The zero-order valence-electron chi connectivity index (χ0n) is 16.4. The van der Waals surface area contributed by atoms with E-state index in [0.29, 0.717) is 11.2 Å². The first-order chi connectivity index (χ1) is 12.3. The van der Waals surface area contributed by atoms with Crippen molar-refractivity contribution in [1.82, 2.24) is 4.90 Å². The van der Waals surface area contributed by atoms with Gasteiger partial charge in [0.25, 0.3) is 0 Å². The number of benzene rings is 1. The highest BCUT2D eigenvalue weighted by Gasteiger charge is 2.35. The Hall–Kier alpha value is -1.88. The molecule has 3 rings (SSSR count). The van der Waals surface area contributed by atoms with Crippen molar-refractivity contribution < 1.29 is 9.66 Å². The van der Waals surface area contributed by atoms with E-state index in [1.165, 1.54) is 37.9 Å². The minimum atomic E-state index is -0.350. The number of nitrogens with zero attached hydrogens (tertiary/aromatic N) is 2. The lowest BCUT2D eigenvalue weighted by molar-refractivity contribution is -0.386. The van der Waals surface area contributed by atoms with Gasteiger partial charge >= 0.3 is 5.69 Å². The standard InChI is InChI=1S/C21H30N2O3/c1-15(2)26-20-14-18(16(3)13-19(20)23(24)25)17-5-7-21(8-6-17)9-11-22(4)12-10-21/h5,13-15H,6-12H2,1-4H3. The van der Waals surface area contributed by atoms with Crippen molar-refractivity contribution in [2.75, 3.05) is 20.1 Å². The van der Waals surface area contributed by atoms with Crippen molar-refractivity contribution in [2.24, 2.45) is 5.41 Å². The fraction of sp³-hybridized carbons (Fsp3) is 0.619. The molecule has 0 saturated carbocycles. The Morgan fingerprint density at radius 3 is 2.46 bits per heavy atom. The minimum Gasteiger partial charge on any atom is -0.484 e. The minimum absolute atomic E-state index is 0.0585.